The van der Waals surface area contributed by atoms with Crippen molar-refractivity contribution in [3.8, 4) is 0 Å². The molecule has 0 bridgehead atoms. The van der Waals surface area contributed by atoms with Gasteiger partial charge in [0.15, 0.2) is 5.13 Å². The lowest BCUT2D eigenvalue weighted by atomic mass is 10.0. The summed E-state index contributed by atoms with van der Waals surface area (Å²) in [6, 6.07) is 9.72. The number of non-ortho nitro benzene ring substituents is 1. The van der Waals surface area contributed by atoms with Crippen LogP contribution in [-0.2, 0) is 0 Å². The summed E-state index contributed by atoms with van der Waals surface area (Å²) in [4.78, 5) is 27.1. The number of anilines is 1. The van der Waals surface area contributed by atoms with Gasteiger partial charge >= 0.3 is 0 Å². The molecule has 8 heteroatoms. The molecule has 3 aromatic rings. The summed E-state index contributed by atoms with van der Waals surface area (Å²) >= 11 is 7.34. The van der Waals surface area contributed by atoms with Crippen molar-refractivity contribution in [2.75, 3.05) is 5.32 Å². The van der Waals surface area contributed by atoms with E-state index in [2.05, 4.69) is 24.1 Å². The molecule has 0 atom stereocenters. The van der Waals surface area contributed by atoms with Crippen LogP contribution in [0.25, 0.3) is 10.2 Å². The lowest BCUT2D eigenvalue weighted by Crippen LogP contribution is -2.12. The van der Waals surface area contributed by atoms with E-state index in [1.807, 2.05) is 18.2 Å². The third-order valence-corrected chi connectivity index (χ3v) is 4.97. The van der Waals surface area contributed by atoms with E-state index in [1.165, 1.54) is 29.0 Å². The lowest BCUT2D eigenvalue weighted by molar-refractivity contribution is -0.384. The van der Waals surface area contributed by atoms with Crippen LogP contribution in [-0.4, -0.2) is 15.8 Å². The summed E-state index contributed by atoms with van der Waals surface area (Å²) in [5.41, 5.74) is 1.82. The zero-order chi connectivity index (χ0) is 18.1. The molecule has 1 amide bonds. The quantitative estimate of drug-likeness (QED) is 0.499. The largest absolute Gasteiger partial charge is 0.298 e. The van der Waals surface area contributed by atoms with Gasteiger partial charge in [-0.1, -0.05) is 42.9 Å². The Balaban J connectivity index is 1.89. The number of hydrogen-bond donors (Lipinski definition) is 1. The van der Waals surface area contributed by atoms with Gasteiger partial charge in [-0.05, 0) is 29.7 Å². The summed E-state index contributed by atoms with van der Waals surface area (Å²) in [5, 5.41) is 14.1. The standard InChI is InChI=1S/C17H14ClN3O3S/c1-9(2)10-3-6-14-15(7-10)25-17(19-14)20-16(22)12-8-11(21(23)24)4-5-13(12)18/h3-9H,1-2H3,(H,19,20,22). The number of benzene rings is 2. The Kier molecular flexibility index (Phi) is 4.69. The Morgan fingerprint density at radius 2 is 2.04 bits per heavy atom. The van der Waals surface area contributed by atoms with Crippen molar-refractivity contribution in [2.24, 2.45) is 0 Å². The molecule has 0 fully saturated rings. The van der Waals surface area contributed by atoms with Crippen molar-refractivity contribution >= 4 is 49.9 Å². The van der Waals surface area contributed by atoms with E-state index in [-0.39, 0.29) is 16.3 Å². The van der Waals surface area contributed by atoms with Crippen LogP contribution < -0.4 is 5.32 Å². The second-order valence-electron chi connectivity index (χ2n) is 5.78. The highest BCUT2D eigenvalue weighted by Crippen LogP contribution is 2.30. The number of nitro groups is 1. The summed E-state index contributed by atoms with van der Waals surface area (Å²) in [7, 11) is 0. The fourth-order valence-corrected chi connectivity index (χ4v) is 3.43. The highest BCUT2D eigenvalue weighted by Gasteiger charge is 2.17. The van der Waals surface area contributed by atoms with E-state index in [0.29, 0.717) is 11.0 Å². The van der Waals surface area contributed by atoms with Gasteiger partial charge in [0.05, 0.1) is 25.7 Å². The molecule has 1 heterocycles. The van der Waals surface area contributed by atoms with Gasteiger partial charge in [-0.15, -0.1) is 0 Å². The van der Waals surface area contributed by atoms with Gasteiger partial charge in [0.25, 0.3) is 11.6 Å². The smallest absolute Gasteiger partial charge is 0.270 e. The minimum absolute atomic E-state index is 0.0398. The third-order valence-electron chi connectivity index (χ3n) is 3.71. The highest BCUT2D eigenvalue weighted by atomic mass is 35.5. The minimum Gasteiger partial charge on any atom is -0.298 e. The van der Waals surface area contributed by atoms with Gasteiger partial charge in [-0.3, -0.25) is 20.2 Å². The van der Waals surface area contributed by atoms with E-state index in [9.17, 15) is 14.9 Å². The number of halogens is 1. The average Bonchev–Trinajstić information content (AvgIpc) is 2.95. The Bertz CT molecular complexity index is 984. The Labute approximate surface area is 152 Å². The molecule has 0 aliphatic heterocycles. The van der Waals surface area contributed by atoms with Crippen molar-refractivity contribution in [3.63, 3.8) is 0 Å². The molecule has 0 unspecified atom stereocenters. The zero-order valence-corrected chi connectivity index (χ0v) is 15.0. The van der Waals surface area contributed by atoms with E-state index < -0.39 is 10.8 Å². The van der Waals surface area contributed by atoms with E-state index in [4.69, 9.17) is 11.6 Å². The number of carbonyl (C=O) groups is 1. The second kappa shape index (κ2) is 6.78. The maximum atomic E-state index is 12.4. The fourth-order valence-electron chi connectivity index (χ4n) is 2.32. The molecule has 1 N–H and O–H groups in total. The number of amides is 1. The minimum atomic E-state index is -0.571. The van der Waals surface area contributed by atoms with Gasteiger partial charge in [-0.2, -0.15) is 0 Å². The maximum absolute atomic E-state index is 12.4. The topological polar surface area (TPSA) is 85.1 Å². The molecule has 6 nitrogen and oxygen atoms in total. The van der Waals surface area contributed by atoms with Crippen LogP contribution in [0.15, 0.2) is 36.4 Å². The van der Waals surface area contributed by atoms with Gasteiger partial charge in [0.1, 0.15) is 0 Å². The SMILES string of the molecule is CC(C)c1ccc2nc(NC(=O)c3cc([N+](=O)[O-])ccc3Cl)sc2c1. The van der Waals surface area contributed by atoms with Crippen LogP contribution >= 0.6 is 22.9 Å². The summed E-state index contributed by atoms with van der Waals surface area (Å²) in [5.74, 6) is -0.134. The molecule has 0 radical (unpaired) electrons. The molecule has 128 valence electrons. The van der Waals surface area contributed by atoms with Crippen molar-refractivity contribution in [1.29, 1.82) is 0 Å². The van der Waals surface area contributed by atoms with E-state index in [1.54, 1.807) is 0 Å². The number of rotatable bonds is 4. The van der Waals surface area contributed by atoms with Gasteiger partial charge in [-0.25, -0.2) is 4.98 Å². The predicted octanol–water partition coefficient (Wildman–Crippen LogP) is 5.23. The molecule has 2 aromatic carbocycles. The number of nitrogens with zero attached hydrogens (tertiary/aromatic N) is 2. The number of carbonyl (C=O) groups excluding carboxylic acids is 1. The van der Waals surface area contributed by atoms with Crippen LogP contribution in [0.3, 0.4) is 0 Å². The van der Waals surface area contributed by atoms with Gasteiger partial charge in [0.2, 0.25) is 0 Å². The number of nitro benzene ring substituents is 1. The number of hydrogen-bond acceptors (Lipinski definition) is 5. The Hall–Kier alpha value is -2.51. The molecule has 1 aromatic heterocycles. The van der Waals surface area contributed by atoms with Crippen LogP contribution in [0.5, 0.6) is 0 Å². The fraction of sp³-hybridized carbons (Fsp3) is 0.176. The third kappa shape index (κ3) is 3.62. The lowest BCUT2D eigenvalue weighted by Gasteiger charge is -2.03. The van der Waals surface area contributed by atoms with Gasteiger partial charge < -0.3 is 0 Å². The van der Waals surface area contributed by atoms with E-state index >= 15 is 0 Å². The molecule has 25 heavy (non-hydrogen) atoms. The normalized spacial score (nSPS) is 11.0. The Morgan fingerprint density at radius 1 is 1.28 bits per heavy atom. The first kappa shape index (κ1) is 17.3. The van der Waals surface area contributed by atoms with Crippen molar-refractivity contribution < 1.29 is 9.72 Å². The molecule has 3 rings (SSSR count). The van der Waals surface area contributed by atoms with Gasteiger partial charge in [0, 0.05) is 12.1 Å². The second-order valence-corrected chi connectivity index (χ2v) is 7.21. The molecule has 0 saturated heterocycles. The first-order valence-corrected chi connectivity index (χ1v) is 8.70. The van der Waals surface area contributed by atoms with Crippen LogP contribution in [0, 0.1) is 10.1 Å². The molecule has 0 spiro atoms. The first-order valence-electron chi connectivity index (χ1n) is 7.51. The predicted molar refractivity (Wildman–Crippen MR) is 99.8 cm³/mol. The first-order chi connectivity index (χ1) is 11.8. The number of aromatic nitrogens is 1. The zero-order valence-electron chi connectivity index (χ0n) is 13.4. The highest BCUT2D eigenvalue weighted by molar-refractivity contribution is 7.22. The number of fused-ring (bicyclic) bond motifs is 1. The summed E-state index contributed by atoms with van der Waals surface area (Å²) in [6.45, 7) is 4.21. The molecule has 0 saturated carbocycles. The van der Waals surface area contributed by atoms with Crippen molar-refractivity contribution in [3.05, 3.63) is 62.7 Å². The average molecular weight is 376 g/mol. The van der Waals surface area contributed by atoms with E-state index in [0.717, 1.165) is 16.3 Å². The summed E-state index contributed by atoms with van der Waals surface area (Å²) in [6.07, 6.45) is 0. The number of thiazole rings is 1. The summed E-state index contributed by atoms with van der Waals surface area (Å²) < 4.78 is 0.964. The number of nitrogens with one attached hydrogen (secondary N) is 1. The van der Waals surface area contributed by atoms with Crippen LogP contribution in [0.4, 0.5) is 10.8 Å². The van der Waals surface area contributed by atoms with Crippen molar-refractivity contribution in [1.82, 2.24) is 4.98 Å². The Morgan fingerprint density at radius 3 is 2.72 bits per heavy atom. The molecule has 0 aliphatic carbocycles. The monoisotopic (exact) mass is 375 g/mol. The van der Waals surface area contributed by atoms with Crippen LogP contribution in [0.2, 0.25) is 5.02 Å². The molecular weight excluding hydrogens is 362 g/mol. The molecular formula is C17H14ClN3O3S. The van der Waals surface area contributed by atoms with Crippen LogP contribution in [0.1, 0.15) is 35.7 Å². The maximum Gasteiger partial charge on any atom is 0.270 e. The van der Waals surface area contributed by atoms with Crippen molar-refractivity contribution in [2.45, 2.75) is 19.8 Å². The molecule has 0 aliphatic rings.